The van der Waals surface area contributed by atoms with E-state index in [-0.39, 0.29) is 12.2 Å². The minimum absolute atomic E-state index is 0.175. The molecule has 0 spiro atoms. The van der Waals surface area contributed by atoms with E-state index in [1.165, 1.54) is 0 Å². The fraction of sp³-hybridized carbons (Fsp3) is 0.625. The molecule has 0 radical (unpaired) electrons. The smallest absolute Gasteiger partial charge is 0.123 e. The quantitative estimate of drug-likeness (QED) is 0.732. The first kappa shape index (κ1) is 16.2. The van der Waals surface area contributed by atoms with Crippen molar-refractivity contribution in [2.24, 2.45) is 5.73 Å². The molecule has 0 bridgehead atoms. The van der Waals surface area contributed by atoms with Gasteiger partial charge in [-0.05, 0) is 12.5 Å². The minimum atomic E-state index is 0.175. The fourth-order valence-corrected chi connectivity index (χ4v) is 2.74. The molecule has 1 aliphatic heterocycles. The lowest BCUT2D eigenvalue weighted by Crippen LogP contribution is -2.27. The van der Waals surface area contributed by atoms with Crippen molar-refractivity contribution in [2.45, 2.75) is 25.2 Å². The summed E-state index contributed by atoms with van der Waals surface area (Å²) in [4.78, 5) is 2.36. The van der Waals surface area contributed by atoms with E-state index in [1.54, 1.807) is 14.2 Å². The standard InChI is InChI=1S/C16H26N2O3/c1-19-15-11-18(12-16(15)20-2)8-5-9-21-14-7-4-3-6-13(14)10-17/h3-4,6-7,15-16H,5,8-12,17H2,1-2H3. The molecule has 1 aliphatic rings. The van der Waals surface area contributed by atoms with Gasteiger partial charge in [-0.1, -0.05) is 18.2 Å². The van der Waals surface area contributed by atoms with Crippen LogP contribution in [0.2, 0.25) is 0 Å². The van der Waals surface area contributed by atoms with Crippen molar-refractivity contribution < 1.29 is 14.2 Å². The van der Waals surface area contributed by atoms with Crippen molar-refractivity contribution in [2.75, 3.05) is 40.5 Å². The molecule has 1 aromatic rings. The Labute approximate surface area is 127 Å². The van der Waals surface area contributed by atoms with Gasteiger partial charge in [0.2, 0.25) is 0 Å². The van der Waals surface area contributed by atoms with Gasteiger partial charge in [-0.15, -0.1) is 0 Å². The number of methoxy groups -OCH3 is 2. The van der Waals surface area contributed by atoms with Gasteiger partial charge in [-0.25, -0.2) is 0 Å². The zero-order chi connectivity index (χ0) is 15.1. The summed E-state index contributed by atoms with van der Waals surface area (Å²) in [6.07, 6.45) is 1.33. The van der Waals surface area contributed by atoms with E-state index in [4.69, 9.17) is 19.9 Å². The van der Waals surface area contributed by atoms with Gasteiger partial charge in [0.1, 0.15) is 5.75 Å². The van der Waals surface area contributed by atoms with Crippen LogP contribution in [0.5, 0.6) is 5.75 Å². The molecular weight excluding hydrogens is 268 g/mol. The minimum Gasteiger partial charge on any atom is -0.493 e. The van der Waals surface area contributed by atoms with Gasteiger partial charge in [0, 0.05) is 46.0 Å². The predicted octanol–water partition coefficient (Wildman–Crippen LogP) is 1.26. The first-order valence-electron chi connectivity index (χ1n) is 7.47. The molecule has 0 aliphatic carbocycles. The molecule has 1 aromatic carbocycles. The van der Waals surface area contributed by atoms with Gasteiger partial charge >= 0.3 is 0 Å². The number of likely N-dealkylation sites (tertiary alicyclic amines) is 1. The summed E-state index contributed by atoms with van der Waals surface area (Å²) in [5, 5.41) is 0. The summed E-state index contributed by atoms with van der Waals surface area (Å²) in [5.41, 5.74) is 6.75. The van der Waals surface area contributed by atoms with Crippen molar-refractivity contribution in [3.8, 4) is 5.75 Å². The summed E-state index contributed by atoms with van der Waals surface area (Å²) in [5.74, 6) is 0.894. The number of ether oxygens (including phenoxy) is 3. The maximum absolute atomic E-state index is 5.83. The average molecular weight is 294 g/mol. The summed E-state index contributed by atoms with van der Waals surface area (Å²) in [6, 6.07) is 7.93. The van der Waals surface area contributed by atoms with E-state index in [0.29, 0.717) is 13.2 Å². The van der Waals surface area contributed by atoms with Gasteiger partial charge < -0.3 is 19.9 Å². The molecule has 5 heteroatoms. The number of benzene rings is 1. The Balaban J connectivity index is 1.71. The van der Waals surface area contributed by atoms with Crippen LogP contribution in [0.25, 0.3) is 0 Å². The van der Waals surface area contributed by atoms with Crippen molar-refractivity contribution in [3.63, 3.8) is 0 Å². The maximum atomic E-state index is 5.83. The van der Waals surface area contributed by atoms with Gasteiger partial charge in [0.25, 0.3) is 0 Å². The van der Waals surface area contributed by atoms with Gasteiger partial charge in [0.05, 0.1) is 18.8 Å². The van der Waals surface area contributed by atoms with Crippen LogP contribution in [0.1, 0.15) is 12.0 Å². The van der Waals surface area contributed by atoms with Crippen LogP contribution < -0.4 is 10.5 Å². The number of hydrogen-bond acceptors (Lipinski definition) is 5. The summed E-state index contributed by atoms with van der Waals surface area (Å²) in [6.45, 7) is 4.05. The van der Waals surface area contributed by atoms with Crippen LogP contribution in [0.15, 0.2) is 24.3 Å². The number of rotatable bonds is 8. The van der Waals surface area contributed by atoms with Crippen LogP contribution in [0.4, 0.5) is 0 Å². The Hall–Kier alpha value is -1.14. The highest BCUT2D eigenvalue weighted by atomic mass is 16.5. The number of para-hydroxylation sites is 1. The van der Waals surface area contributed by atoms with Crippen LogP contribution in [-0.2, 0) is 16.0 Å². The molecule has 2 rings (SSSR count). The molecule has 1 saturated heterocycles. The van der Waals surface area contributed by atoms with E-state index < -0.39 is 0 Å². The highest BCUT2D eigenvalue weighted by Gasteiger charge is 2.32. The second kappa shape index (κ2) is 8.34. The first-order chi connectivity index (χ1) is 10.3. The highest BCUT2D eigenvalue weighted by molar-refractivity contribution is 5.32. The number of nitrogens with zero attached hydrogens (tertiary/aromatic N) is 1. The fourth-order valence-electron chi connectivity index (χ4n) is 2.74. The number of hydrogen-bond donors (Lipinski definition) is 1. The maximum Gasteiger partial charge on any atom is 0.123 e. The Kier molecular flexibility index (Phi) is 6.45. The van der Waals surface area contributed by atoms with Crippen LogP contribution in [0.3, 0.4) is 0 Å². The van der Waals surface area contributed by atoms with Crippen LogP contribution in [0, 0.1) is 0 Å². The molecule has 0 aromatic heterocycles. The first-order valence-corrected chi connectivity index (χ1v) is 7.47. The summed E-state index contributed by atoms with van der Waals surface area (Å²) < 4.78 is 16.7. The predicted molar refractivity (Wildman–Crippen MR) is 82.5 cm³/mol. The number of nitrogens with two attached hydrogens (primary N) is 1. The van der Waals surface area contributed by atoms with Crippen molar-refractivity contribution in [3.05, 3.63) is 29.8 Å². The lowest BCUT2D eigenvalue weighted by atomic mass is 10.2. The highest BCUT2D eigenvalue weighted by Crippen LogP contribution is 2.18. The molecule has 2 N–H and O–H groups in total. The molecule has 2 atom stereocenters. The molecule has 1 fully saturated rings. The van der Waals surface area contributed by atoms with E-state index in [2.05, 4.69) is 4.90 Å². The lowest BCUT2D eigenvalue weighted by molar-refractivity contribution is -0.00461. The van der Waals surface area contributed by atoms with E-state index >= 15 is 0 Å². The Bertz CT molecular complexity index is 416. The molecule has 21 heavy (non-hydrogen) atoms. The lowest BCUT2D eigenvalue weighted by Gasteiger charge is -2.16. The van der Waals surface area contributed by atoms with E-state index in [1.807, 2.05) is 24.3 Å². The monoisotopic (exact) mass is 294 g/mol. The van der Waals surface area contributed by atoms with Gasteiger partial charge in [0.15, 0.2) is 0 Å². The van der Waals surface area contributed by atoms with Crippen molar-refractivity contribution in [1.29, 1.82) is 0 Å². The third-order valence-corrected chi connectivity index (χ3v) is 3.97. The molecule has 0 saturated carbocycles. The Morgan fingerprint density at radius 1 is 1.14 bits per heavy atom. The van der Waals surface area contributed by atoms with Crippen molar-refractivity contribution >= 4 is 0 Å². The molecule has 118 valence electrons. The SMILES string of the molecule is COC1CN(CCCOc2ccccc2CN)CC1OC. The Morgan fingerprint density at radius 2 is 1.81 bits per heavy atom. The van der Waals surface area contributed by atoms with Gasteiger partial charge in [-0.3, -0.25) is 4.90 Å². The van der Waals surface area contributed by atoms with E-state index in [0.717, 1.165) is 37.4 Å². The third kappa shape index (κ3) is 4.41. The zero-order valence-electron chi connectivity index (χ0n) is 13.0. The third-order valence-electron chi connectivity index (χ3n) is 3.97. The van der Waals surface area contributed by atoms with Crippen molar-refractivity contribution in [1.82, 2.24) is 4.90 Å². The second-order valence-corrected chi connectivity index (χ2v) is 5.32. The van der Waals surface area contributed by atoms with Gasteiger partial charge in [-0.2, -0.15) is 0 Å². The largest absolute Gasteiger partial charge is 0.493 e. The average Bonchev–Trinajstić information content (AvgIpc) is 2.94. The van der Waals surface area contributed by atoms with Crippen LogP contribution >= 0.6 is 0 Å². The molecule has 2 unspecified atom stereocenters. The van der Waals surface area contributed by atoms with E-state index in [9.17, 15) is 0 Å². The topological polar surface area (TPSA) is 57.0 Å². The summed E-state index contributed by atoms with van der Waals surface area (Å²) >= 11 is 0. The Morgan fingerprint density at radius 3 is 2.43 bits per heavy atom. The van der Waals surface area contributed by atoms with Crippen LogP contribution in [-0.4, -0.2) is 57.6 Å². The second-order valence-electron chi connectivity index (χ2n) is 5.32. The zero-order valence-corrected chi connectivity index (χ0v) is 13.0. The molecule has 5 nitrogen and oxygen atoms in total. The molecule has 0 amide bonds. The summed E-state index contributed by atoms with van der Waals surface area (Å²) in [7, 11) is 3.49. The molecule has 1 heterocycles. The molecular formula is C16H26N2O3. The normalized spacial score (nSPS) is 22.6.